The van der Waals surface area contributed by atoms with Crippen molar-refractivity contribution in [2.24, 2.45) is 0 Å². The van der Waals surface area contributed by atoms with E-state index in [1.54, 1.807) is 17.5 Å². The van der Waals surface area contributed by atoms with E-state index in [4.69, 9.17) is 4.74 Å². The maximum absolute atomic E-state index is 12.8. The van der Waals surface area contributed by atoms with Crippen molar-refractivity contribution in [2.45, 2.75) is 44.1 Å². The van der Waals surface area contributed by atoms with Gasteiger partial charge in [0.1, 0.15) is 5.01 Å². The first-order valence-electron chi connectivity index (χ1n) is 9.02. The Morgan fingerprint density at radius 1 is 1.28 bits per heavy atom. The Bertz CT molecular complexity index is 720. The molecule has 0 N–H and O–H groups in total. The Hall–Kier alpha value is -1.79. The van der Waals surface area contributed by atoms with Crippen LogP contribution in [0.5, 0.6) is 0 Å². The minimum Gasteiger partial charge on any atom is -0.373 e. The predicted molar refractivity (Wildman–Crippen MR) is 97.4 cm³/mol. The van der Waals surface area contributed by atoms with Crippen molar-refractivity contribution >= 4 is 17.2 Å². The van der Waals surface area contributed by atoms with Gasteiger partial charge in [-0.25, -0.2) is 4.98 Å². The van der Waals surface area contributed by atoms with Crippen LogP contribution in [0, 0.1) is 0 Å². The lowest BCUT2D eigenvalue weighted by atomic mass is 9.85. The molecular weight excluding hydrogens is 334 g/mol. The summed E-state index contributed by atoms with van der Waals surface area (Å²) in [5.41, 5.74) is 1.60. The first-order chi connectivity index (χ1) is 12.2. The van der Waals surface area contributed by atoms with Gasteiger partial charge in [-0.1, -0.05) is 6.07 Å². The van der Waals surface area contributed by atoms with Crippen LogP contribution >= 0.6 is 11.3 Å². The first kappa shape index (κ1) is 16.7. The number of hydrogen-bond acceptors (Lipinski definition) is 5. The van der Waals surface area contributed by atoms with Gasteiger partial charge in [-0.05, 0) is 44.2 Å². The topological polar surface area (TPSA) is 55.3 Å². The van der Waals surface area contributed by atoms with Crippen LogP contribution in [0.2, 0.25) is 0 Å². The summed E-state index contributed by atoms with van der Waals surface area (Å²) >= 11 is 1.54. The second kappa shape index (κ2) is 7.22. The van der Waals surface area contributed by atoms with Gasteiger partial charge in [0.15, 0.2) is 0 Å². The van der Waals surface area contributed by atoms with E-state index in [1.165, 1.54) is 6.42 Å². The monoisotopic (exact) mass is 357 g/mol. The molecule has 2 aliphatic heterocycles. The van der Waals surface area contributed by atoms with E-state index in [9.17, 15) is 4.79 Å². The van der Waals surface area contributed by atoms with Crippen LogP contribution < -0.4 is 0 Å². The Balaban J connectivity index is 1.41. The molecule has 6 heteroatoms. The number of likely N-dealkylation sites (tertiary alicyclic amines) is 1. The maximum Gasteiger partial charge on any atom is 0.228 e. The molecule has 2 aliphatic rings. The molecular formula is C19H23N3O2S. The smallest absolute Gasteiger partial charge is 0.228 e. The number of piperidine rings is 1. The van der Waals surface area contributed by atoms with E-state index in [0.29, 0.717) is 6.42 Å². The molecule has 25 heavy (non-hydrogen) atoms. The molecule has 5 nitrogen and oxygen atoms in total. The van der Waals surface area contributed by atoms with Crippen LogP contribution in [-0.4, -0.2) is 46.1 Å². The van der Waals surface area contributed by atoms with Gasteiger partial charge in [0.2, 0.25) is 5.91 Å². The van der Waals surface area contributed by atoms with E-state index in [0.717, 1.165) is 61.8 Å². The summed E-state index contributed by atoms with van der Waals surface area (Å²) in [5, 5.41) is 2.84. The quantitative estimate of drug-likeness (QED) is 0.846. The van der Waals surface area contributed by atoms with Crippen LogP contribution in [0.15, 0.2) is 29.8 Å². The maximum atomic E-state index is 12.8. The van der Waals surface area contributed by atoms with E-state index in [-0.39, 0.29) is 11.5 Å². The number of hydrogen-bond donors (Lipinski definition) is 0. The average molecular weight is 357 g/mol. The molecule has 0 aliphatic carbocycles. The van der Waals surface area contributed by atoms with Gasteiger partial charge in [0, 0.05) is 31.3 Å². The standard InChI is InChI=1S/C19H23N3O2S/c23-17(22-10-5-8-19(14-22)7-2-4-11-24-19)12-15-13-25-18(21-15)16-6-1-3-9-20-16/h1,3,6,9,13H,2,4-5,7-8,10-12,14H2. The molecule has 0 bridgehead atoms. The molecule has 4 rings (SSSR count). The molecule has 2 fully saturated rings. The van der Waals surface area contributed by atoms with Crippen LogP contribution in [-0.2, 0) is 16.0 Å². The summed E-state index contributed by atoms with van der Waals surface area (Å²) in [6.45, 7) is 2.41. The highest BCUT2D eigenvalue weighted by atomic mass is 32.1. The summed E-state index contributed by atoms with van der Waals surface area (Å²) in [6.07, 6.45) is 7.67. The largest absolute Gasteiger partial charge is 0.373 e. The van der Waals surface area contributed by atoms with Crippen LogP contribution in [0.4, 0.5) is 0 Å². The zero-order chi connectivity index (χ0) is 17.1. The summed E-state index contributed by atoms with van der Waals surface area (Å²) in [7, 11) is 0. The number of nitrogens with zero attached hydrogens (tertiary/aromatic N) is 3. The number of amides is 1. The second-order valence-electron chi connectivity index (χ2n) is 6.94. The van der Waals surface area contributed by atoms with Crippen molar-refractivity contribution in [3.8, 4) is 10.7 Å². The van der Waals surface area contributed by atoms with Gasteiger partial charge < -0.3 is 9.64 Å². The molecule has 1 amide bonds. The third-order valence-electron chi connectivity index (χ3n) is 5.10. The SMILES string of the molecule is O=C(Cc1csc(-c2ccccn2)n1)N1CCCC2(CCCCO2)C1. The minimum absolute atomic E-state index is 0.0899. The molecule has 0 aromatic carbocycles. The lowest BCUT2D eigenvalue weighted by molar-refractivity contribution is -0.148. The van der Waals surface area contributed by atoms with Gasteiger partial charge >= 0.3 is 0 Å². The van der Waals surface area contributed by atoms with E-state index in [2.05, 4.69) is 9.97 Å². The van der Waals surface area contributed by atoms with Gasteiger partial charge in [0.25, 0.3) is 0 Å². The van der Waals surface area contributed by atoms with Crippen molar-refractivity contribution in [3.63, 3.8) is 0 Å². The molecule has 0 radical (unpaired) electrons. The fraction of sp³-hybridized carbons (Fsp3) is 0.526. The number of carbonyl (C=O) groups excluding carboxylic acids is 1. The highest BCUT2D eigenvalue weighted by Gasteiger charge is 2.39. The minimum atomic E-state index is -0.0899. The van der Waals surface area contributed by atoms with Gasteiger partial charge in [-0.15, -0.1) is 11.3 Å². The first-order valence-corrected chi connectivity index (χ1v) is 9.90. The van der Waals surface area contributed by atoms with Gasteiger partial charge in [-0.2, -0.15) is 0 Å². The lowest BCUT2D eigenvalue weighted by Gasteiger charge is -2.44. The summed E-state index contributed by atoms with van der Waals surface area (Å²) in [4.78, 5) is 23.7. The summed E-state index contributed by atoms with van der Waals surface area (Å²) < 4.78 is 6.08. The number of aromatic nitrogens is 2. The number of pyridine rings is 1. The predicted octanol–water partition coefficient (Wildman–Crippen LogP) is 3.31. The van der Waals surface area contributed by atoms with Crippen molar-refractivity contribution in [1.29, 1.82) is 0 Å². The van der Waals surface area contributed by atoms with Crippen LogP contribution in [0.25, 0.3) is 10.7 Å². The van der Waals surface area contributed by atoms with Crippen molar-refractivity contribution in [1.82, 2.24) is 14.9 Å². The number of thiazole rings is 1. The third kappa shape index (κ3) is 3.75. The average Bonchev–Trinajstić information content (AvgIpc) is 3.12. The second-order valence-corrected chi connectivity index (χ2v) is 7.80. The van der Waals surface area contributed by atoms with Crippen LogP contribution in [0.3, 0.4) is 0 Å². The highest BCUT2D eigenvalue weighted by molar-refractivity contribution is 7.13. The van der Waals surface area contributed by atoms with Gasteiger partial charge in [0.05, 0.1) is 23.4 Å². The highest BCUT2D eigenvalue weighted by Crippen LogP contribution is 2.34. The van der Waals surface area contributed by atoms with Crippen LogP contribution in [0.1, 0.15) is 37.8 Å². The molecule has 2 aromatic heterocycles. The molecule has 1 atom stereocenters. The molecule has 2 aromatic rings. The summed E-state index contributed by atoms with van der Waals surface area (Å²) in [5.74, 6) is 0.158. The number of ether oxygens (including phenoxy) is 1. The third-order valence-corrected chi connectivity index (χ3v) is 6.01. The van der Waals surface area contributed by atoms with E-state index < -0.39 is 0 Å². The molecule has 4 heterocycles. The Kier molecular flexibility index (Phi) is 4.81. The van der Waals surface area contributed by atoms with Crippen molar-refractivity contribution in [3.05, 3.63) is 35.5 Å². The fourth-order valence-corrected chi connectivity index (χ4v) is 4.60. The molecule has 132 valence electrons. The Morgan fingerprint density at radius 3 is 3.00 bits per heavy atom. The Morgan fingerprint density at radius 2 is 2.20 bits per heavy atom. The molecule has 1 unspecified atom stereocenters. The molecule has 1 spiro atoms. The fourth-order valence-electron chi connectivity index (χ4n) is 3.80. The number of rotatable bonds is 3. The zero-order valence-electron chi connectivity index (χ0n) is 14.3. The van der Waals surface area contributed by atoms with Crippen molar-refractivity contribution < 1.29 is 9.53 Å². The number of carbonyl (C=O) groups is 1. The molecule has 2 saturated heterocycles. The molecule has 0 saturated carbocycles. The normalized spacial score (nSPS) is 23.8. The van der Waals surface area contributed by atoms with E-state index >= 15 is 0 Å². The van der Waals surface area contributed by atoms with Crippen molar-refractivity contribution in [2.75, 3.05) is 19.7 Å². The lowest BCUT2D eigenvalue weighted by Crippen LogP contribution is -2.53. The summed E-state index contributed by atoms with van der Waals surface area (Å²) in [6, 6.07) is 5.78. The zero-order valence-corrected chi connectivity index (χ0v) is 15.1. The Labute approximate surface area is 152 Å². The van der Waals surface area contributed by atoms with E-state index in [1.807, 2.05) is 28.5 Å². The van der Waals surface area contributed by atoms with Gasteiger partial charge in [-0.3, -0.25) is 9.78 Å².